The molecule has 12 heavy (non-hydrogen) atoms. The Kier molecular flexibility index (Phi) is 5.81. The Balaban J connectivity index is 3.26. The lowest BCUT2D eigenvalue weighted by molar-refractivity contribution is 0.520. The zero-order valence-corrected chi connectivity index (χ0v) is 8.78. The monoisotopic (exact) mass is 170 g/mol. The molecule has 0 atom stereocenters. The van der Waals surface area contributed by atoms with Gasteiger partial charge in [-0.1, -0.05) is 34.3 Å². The van der Waals surface area contributed by atoms with Gasteiger partial charge in [0.05, 0.1) is 6.67 Å². The summed E-state index contributed by atoms with van der Waals surface area (Å²) in [6.07, 6.45) is 0. The highest BCUT2D eigenvalue weighted by atomic mass is 15.1. The topological polar surface area (TPSA) is 24.1 Å². The van der Waals surface area contributed by atoms with Crippen molar-refractivity contribution in [3.05, 3.63) is 12.3 Å². The van der Waals surface area contributed by atoms with Gasteiger partial charge in [0.1, 0.15) is 0 Å². The SMILES string of the molecule is C=C(NCNCC(C)C)C(C)C. The van der Waals surface area contributed by atoms with Gasteiger partial charge in [0.25, 0.3) is 0 Å². The molecule has 0 saturated heterocycles. The van der Waals surface area contributed by atoms with Crippen molar-refractivity contribution < 1.29 is 0 Å². The van der Waals surface area contributed by atoms with E-state index in [0.717, 1.165) is 18.9 Å². The van der Waals surface area contributed by atoms with Crippen LogP contribution in [0.15, 0.2) is 12.3 Å². The first-order chi connectivity index (χ1) is 5.54. The van der Waals surface area contributed by atoms with E-state index in [1.54, 1.807) is 0 Å². The molecular weight excluding hydrogens is 148 g/mol. The summed E-state index contributed by atoms with van der Waals surface area (Å²) in [5.74, 6) is 1.23. The van der Waals surface area contributed by atoms with Gasteiger partial charge in [-0.2, -0.15) is 0 Å². The number of rotatable bonds is 6. The fourth-order valence-corrected chi connectivity index (χ4v) is 0.741. The van der Waals surface area contributed by atoms with E-state index in [1.807, 2.05) is 0 Å². The van der Waals surface area contributed by atoms with Crippen molar-refractivity contribution in [2.75, 3.05) is 13.2 Å². The molecule has 0 aromatic rings. The van der Waals surface area contributed by atoms with Gasteiger partial charge in [0, 0.05) is 5.70 Å². The number of hydrogen-bond donors (Lipinski definition) is 2. The highest BCUT2D eigenvalue weighted by molar-refractivity contribution is 4.93. The first kappa shape index (κ1) is 11.5. The van der Waals surface area contributed by atoms with E-state index in [-0.39, 0.29) is 0 Å². The molecule has 2 nitrogen and oxygen atoms in total. The maximum absolute atomic E-state index is 3.92. The van der Waals surface area contributed by atoms with Crippen molar-refractivity contribution >= 4 is 0 Å². The van der Waals surface area contributed by atoms with Crippen LogP contribution in [0.5, 0.6) is 0 Å². The molecule has 0 bridgehead atoms. The zero-order chi connectivity index (χ0) is 9.56. The van der Waals surface area contributed by atoms with Gasteiger partial charge in [-0.15, -0.1) is 0 Å². The van der Waals surface area contributed by atoms with Crippen LogP contribution in [0.3, 0.4) is 0 Å². The van der Waals surface area contributed by atoms with E-state index in [4.69, 9.17) is 0 Å². The van der Waals surface area contributed by atoms with Crippen LogP contribution in [0, 0.1) is 11.8 Å². The molecule has 0 aliphatic heterocycles. The van der Waals surface area contributed by atoms with E-state index < -0.39 is 0 Å². The number of hydrogen-bond acceptors (Lipinski definition) is 2. The first-order valence-electron chi connectivity index (χ1n) is 4.67. The van der Waals surface area contributed by atoms with E-state index in [9.17, 15) is 0 Å². The first-order valence-corrected chi connectivity index (χ1v) is 4.67. The maximum Gasteiger partial charge on any atom is 0.0650 e. The Bertz CT molecular complexity index is 128. The second kappa shape index (κ2) is 6.06. The van der Waals surface area contributed by atoms with Gasteiger partial charge >= 0.3 is 0 Å². The second-order valence-corrected chi connectivity index (χ2v) is 3.88. The molecule has 0 unspecified atom stereocenters. The summed E-state index contributed by atoms with van der Waals surface area (Å²) < 4.78 is 0. The van der Waals surface area contributed by atoms with E-state index >= 15 is 0 Å². The van der Waals surface area contributed by atoms with E-state index in [0.29, 0.717) is 11.8 Å². The largest absolute Gasteiger partial charge is 0.376 e. The van der Waals surface area contributed by atoms with Crippen molar-refractivity contribution in [3.8, 4) is 0 Å². The highest BCUT2D eigenvalue weighted by Crippen LogP contribution is 2.00. The van der Waals surface area contributed by atoms with Crippen molar-refractivity contribution in [3.63, 3.8) is 0 Å². The molecule has 0 rings (SSSR count). The molecule has 0 spiro atoms. The average Bonchev–Trinajstić information content (AvgIpc) is 1.97. The van der Waals surface area contributed by atoms with Gasteiger partial charge in [0.15, 0.2) is 0 Å². The molecule has 0 amide bonds. The predicted molar refractivity (Wildman–Crippen MR) is 54.8 cm³/mol. The molecule has 0 aromatic carbocycles. The van der Waals surface area contributed by atoms with Crippen LogP contribution in [-0.2, 0) is 0 Å². The van der Waals surface area contributed by atoms with Crippen LogP contribution in [0.2, 0.25) is 0 Å². The Labute approximate surface area is 76.4 Å². The van der Waals surface area contributed by atoms with Gasteiger partial charge in [-0.3, -0.25) is 5.32 Å². The van der Waals surface area contributed by atoms with Crippen LogP contribution in [0.4, 0.5) is 0 Å². The molecule has 0 aromatic heterocycles. The molecular formula is C10H22N2. The minimum Gasteiger partial charge on any atom is -0.376 e. The van der Waals surface area contributed by atoms with Gasteiger partial charge in [0.2, 0.25) is 0 Å². The van der Waals surface area contributed by atoms with E-state index in [1.165, 1.54) is 0 Å². The smallest absolute Gasteiger partial charge is 0.0650 e. The Morgan fingerprint density at radius 3 is 2.25 bits per heavy atom. The maximum atomic E-state index is 3.92. The fraction of sp³-hybridized carbons (Fsp3) is 0.800. The lowest BCUT2D eigenvalue weighted by Gasteiger charge is -2.14. The molecule has 0 heterocycles. The highest BCUT2D eigenvalue weighted by Gasteiger charge is 1.97. The van der Waals surface area contributed by atoms with E-state index in [2.05, 4.69) is 44.9 Å². The van der Waals surface area contributed by atoms with Crippen LogP contribution in [0.1, 0.15) is 27.7 Å². The Morgan fingerprint density at radius 2 is 1.83 bits per heavy atom. The zero-order valence-electron chi connectivity index (χ0n) is 8.78. The summed E-state index contributed by atoms with van der Waals surface area (Å²) in [7, 11) is 0. The normalized spacial score (nSPS) is 10.8. The van der Waals surface area contributed by atoms with Crippen LogP contribution >= 0.6 is 0 Å². The fourth-order valence-electron chi connectivity index (χ4n) is 0.741. The molecule has 72 valence electrons. The van der Waals surface area contributed by atoms with Crippen molar-refractivity contribution in [1.29, 1.82) is 0 Å². The van der Waals surface area contributed by atoms with Crippen LogP contribution < -0.4 is 10.6 Å². The lowest BCUT2D eigenvalue weighted by atomic mass is 10.2. The summed E-state index contributed by atoms with van der Waals surface area (Å²) in [4.78, 5) is 0. The van der Waals surface area contributed by atoms with Gasteiger partial charge in [-0.05, 0) is 18.4 Å². The summed E-state index contributed by atoms with van der Waals surface area (Å²) in [5.41, 5.74) is 1.10. The minimum absolute atomic E-state index is 0.519. The Hall–Kier alpha value is -0.500. The van der Waals surface area contributed by atoms with Crippen LogP contribution in [0.25, 0.3) is 0 Å². The predicted octanol–water partition coefficient (Wildman–Crippen LogP) is 1.95. The molecule has 2 heteroatoms. The minimum atomic E-state index is 0.519. The van der Waals surface area contributed by atoms with Crippen molar-refractivity contribution in [2.45, 2.75) is 27.7 Å². The summed E-state index contributed by atoms with van der Waals surface area (Å²) in [6.45, 7) is 14.5. The Morgan fingerprint density at radius 1 is 1.25 bits per heavy atom. The third-order valence-corrected chi connectivity index (χ3v) is 1.69. The number of nitrogens with one attached hydrogen (secondary N) is 2. The summed E-state index contributed by atoms with van der Waals surface area (Å²) in [5, 5.41) is 6.53. The third-order valence-electron chi connectivity index (χ3n) is 1.69. The van der Waals surface area contributed by atoms with Crippen molar-refractivity contribution in [1.82, 2.24) is 10.6 Å². The lowest BCUT2D eigenvalue weighted by Crippen LogP contribution is -2.31. The molecule has 0 radical (unpaired) electrons. The van der Waals surface area contributed by atoms with Crippen LogP contribution in [-0.4, -0.2) is 13.2 Å². The molecule has 2 N–H and O–H groups in total. The average molecular weight is 170 g/mol. The van der Waals surface area contributed by atoms with Gasteiger partial charge in [-0.25, -0.2) is 0 Å². The molecule has 0 aliphatic carbocycles. The molecule has 0 aliphatic rings. The van der Waals surface area contributed by atoms with Crippen molar-refractivity contribution in [2.24, 2.45) is 11.8 Å². The summed E-state index contributed by atoms with van der Waals surface area (Å²) in [6, 6.07) is 0. The third kappa shape index (κ3) is 6.23. The van der Waals surface area contributed by atoms with Gasteiger partial charge < -0.3 is 5.32 Å². The molecule has 0 fully saturated rings. The molecule has 0 saturated carbocycles. The quantitative estimate of drug-likeness (QED) is 0.470. The second-order valence-electron chi connectivity index (χ2n) is 3.88. The standard InChI is InChI=1S/C10H22N2/c1-8(2)6-11-7-12-10(5)9(3)4/h8-9,11-12H,5-7H2,1-4H3. The summed E-state index contributed by atoms with van der Waals surface area (Å²) >= 11 is 0. The number of allylic oxidation sites excluding steroid dienone is 1.